The van der Waals surface area contributed by atoms with Gasteiger partial charge in [0.2, 0.25) is 0 Å². The van der Waals surface area contributed by atoms with Crippen LogP contribution in [0, 0.1) is 5.82 Å². The Morgan fingerprint density at radius 3 is 2.35 bits per heavy atom. The van der Waals surface area contributed by atoms with Crippen molar-refractivity contribution in [3.8, 4) is 0 Å². The van der Waals surface area contributed by atoms with Crippen LogP contribution in [0.15, 0.2) is 17.1 Å². The first-order chi connectivity index (χ1) is 9.01. The van der Waals surface area contributed by atoms with Gasteiger partial charge in [0, 0.05) is 0 Å². The lowest BCUT2D eigenvalue weighted by atomic mass is 9.79. The predicted octanol–water partition coefficient (Wildman–Crippen LogP) is 1.78. The van der Waals surface area contributed by atoms with Gasteiger partial charge in [0.15, 0.2) is 11.1 Å². The number of pyridine rings is 1. The summed E-state index contributed by atoms with van der Waals surface area (Å²) in [4.78, 5) is 7.27. The van der Waals surface area contributed by atoms with Crippen molar-refractivity contribution in [1.29, 1.82) is 0 Å². The summed E-state index contributed by atoms with van der Waals surface area (Å²) in [7, 11) is 0. The third kappa shape index (κ3) is 1.78. The van der Waals surface area contributed by atoms with E-state index in [1.807, 2.05) is 0 Å². The van der Waals surface area contributed by atoms with Crippen LogP contribution >= 0.6 is 0 Å². The van der Waals surface area contributed by atoms with E-state index >= 15 is 0 Å². The van der Waals surface area contributed by atoms with Crippen molar-refractivity contribution in [2.24, 2.45) is 10.7 Å². The SMILES string of the molecule is CC1(C)OC(N)=NC(C)(c2nc(N)ccc2F)C1(F)F. The molecule has 1 aromatic rings. The molecule has 8 heteroatoms. The summed E-state index contributed by atoms with van der Waals surface area (Å²) in [5.41, 5.74) is 6.05. The van der Waals surface area contributed by atoms with Crippen LogP contribution in [0.25, 0.3) is 0 Å². The van der Waals surface area contributed by atoms with Crippen molar-refractivity contribution in [3.05, 3.63) is 23.6 Å². The number of aliphatic imine (C=N–C) groups is 1. The predicted molar refractivity (Wildman–Crippen MR) is 67.7 cm³/mol. The van der Waals surface area contributed by atoms with Crippen LogP contribution < -0.4 is 11.5 Å². The van der Waals surface area contributed by atoms with Gasteiger partial charge in [0.05, 0.1) is 0 Å². The molecular weight excluding hydrogens is 273 g/mol. The van der Waals surface area contributed by atoms with Crippen molar-refractivity contribution in [3.63, 3.8) is 0 Å². The summed E-state index contributed by atoms with van der Waals surface area (Å²) in [5.74, 6) is -4.57. The standard InChI is InChI=1S/C12H15F3N4O/c1-10(2)12(14,15)11(3,19-9(17)20-10)8-6(13)4-5-7(16)18-8/h4-5H,1-3H3,(H2,16,18)(H2,17,19). The zero-order valence-corrected chi connectivity index (χ0v) is 11.2. The molecule has 5 nitrogen and oxygen atoms in total. The third-order valence-electron chi connectivity index (χ3n) is 3.39. The summed E-state index contributed by atoms with van der Waals surface area (Å²) >= 11 is 0. The minimum absolute atomic E-state index is 0.0866. The van der Waals surface area contributed by atoms with Crippen LogP contribution in [0.4, 0.5) is 19.0 Å². The second kappa shape index (κ2) is 4.00. The second-order valence-corrected chi connectivity index (χ2v) is 5.28. The Bertz CT molecular complexity index is 588. The van der Waals surface area contributed by atoms with Gasteiger partial charge in [-0.3, -0.25) is 0 Å². The number of alkyl halides is 2. The van der Waals surface area contributed by atoms with Crippen LogP contribution in [0.2, 0.25) is 0 Å². The van der Waals surface area contributed by atoms with Crippen molar-refractivity contribution in [2.75, 3.05) is 5.73 Å². The van der Waals surface area contributed by atoms with Crippen LogP contribution in [0.1, 0.15) is 26.5 Å². The fraction of sp³-hybridized carbons (Fsp3) is 0.500. The maximum absolute atomic E-state index is 14.7. The van der Waals surface area contributed by atoms with Gasteiger partial charge in [0.25, 0.3) is 6.02 Å². The zero-order valence-electron chi connectivity index (χ0n) is 11.2. The van der Waals surface area contributed by atoms with Gasteiger partial charge >= 0.3 is 5.92 Å². The van der Waals surface area contributed by atoms with E-state index in [2.05, 4.69) is 9.98 Å². The normalized spacial score (nSPS) is 27.6. The highest BCUT2D eigenvalue weighted by atomic mass is 19.3. The van der Waals surface area contributed by atoms with E-state index in [1.165, 1.54) is 6.07 Å². The molecule has 2 rings (SSSR count). The van der Waals surface area contributed by atoms with E-state index in [0.29, 0.717) is 0 Å². The first kappa shape index (κ1) is 14.4. The number of hydrogen-bond donors (Lipinski definition) is 2. The molecule has 1 unspecified atom stereocenters. The molecule has 1 atom stereocenters. The topological polar surface area (TPSA) is 86.5 Å². The summed E-state index contributed by atoms with van der Waals surface area (Å²) in [6.45, 7) is 3.35. The lowest BCUT2D eigenvalue weighted by Gasteiger charge is -2.46. The van der Waals surface area contributed by atoms with Crippen LogP contribution in [0.3, 0.4) is 0 Å². The van der Waals surface area contributed by atoms with Gasteiger partial charge < -0.3 is 16.2 Å². The fourth-order valence-corrected chi connectivity index (χ4v) is 2.23. The maximum atomic E-state index is 14.7. The number of amidine groups is 1. The Morgan fingerprint density at radius 2 is 1.75 bits per heavy atom. The largest absolute Gasteiger partial charge is 0.453 e. The molecule has 110 valence electrons. The van der Waals surface area contributed by atoms with Crippen LogP contribution in [0.5, 0.6) is 0 Å². The molecule has 0 saturated heterocycles. The van der Waals surface area contributed by atoms with Gasteiger partial charge in [-0.2, -0.15) is 8.78 Å². The molecule has 1 aliphatic rings. The smallest absolute Gasteiger partial charge is 0.316 e. The Morgan fingerprint density at radius 1 is 1.15 bits per heavy atom. The molecular formula is C12H15F3N4O. The molecule has 4 N–H and O–H groups in total. The second-order valence-electron chi connectivity index (χ2n) is 5.28. The summed E-state index contributed by atoms with van der Waals surface area (Å²) < 4.78 is 48.1. The molecule has 0 aliphatic carbocycles. The molecule has 0 amide bonds. The van der Waals surface area contributed by atoms with Crippen LogP contribution in [-0.2, 0) is 10.3 Å². The highest BCUT2D eigenvalue weighted by molar-refractivity contribution is 5.74. The van der Waals surface area contributed by atoms with Crippen LogP contribution in [-0.4, -0.2) is 22.5 Å². The number of ether oxygens (including phenoxy) is 1. The maximum Gasteiger partial charge on any atom is 0.316 e. The summed E-state index contributed by atoms with van der Waals surface area (Å²) in [5, 5.41) is 0. The van der Waals surface area contributed by atoms with Gasteiger partial charge in [-0.1, -0.05) is 0 Å². The van der Waals surface area contributed by atoms with E-state index < -0.39 is 34.6 Å². The molecule has 0 fully saturated rings. The van der Waals surface area contributed by atoms with Crippen molar-refractivity contribution in [2.45, 2.75) is 37.8 Å². The van der Waals surface area contributed by atoms with Crippen molar-refractivity contribution in [1.82, 2.24) is 4.98 Å². The van der Waals surface area contributed by atoms with Gasteiger partial charge in [-0.25, -0.2) is 14.4 Å². The van der Waals surface area contributed by atoms with E-state index in [9.17, 15) is 13.2 Å². The van der Waals surface area contributed by atoms with E-state index in [4.69, 9.17) is 16.2 Å². The number of rotatable bonds is 1. The minimum atomic E-state index is -3.55. The summed E-state index contributed by atoms with van der Waals surface area (Å²) in [6.07, 6.45) is 0. The number of halogens is 3. The molecule has 0 bridgehead atoms. The van der Waals surface area contributed by atoms with E-state index in [-0.39, 0.29) is 5.82 Å². The van der Waals surface area contributed by atoms with Gasteiger partial charge in [0.1, 0.15) is 17.3 Å². The fourth-order valence-electron chi connectivity index (χ4n) is 2.23. The number of nitrogens with two attached hydrogens (primary N) is 2. The first-order valence-electron chi connectivity index (χ1n) is 5.86. The molecule has 0 aromatic carbocycles. The number of aromatic nitrogens is 1. The first-order valence-corrected chi connectivity index (χ1v) is 5.86. The minimum Gasteiger partial charge on any atom is -0.453 e. The molecule has 0 spiro atoms. The molecule has 0 radical (unpaired) electrons. The number of anilines is 1. The molecule has 1 aromatic heterocycles. The average molecular weight is 288 g/mol. The van der Waals surface area contributed by atoms with Gasteiger partial charge in [-0.15, -0.1) is 0 Å². The summed E-state index contributed by atoms with van der Waals surface area (Å²) in [6, 6.07) is 1.69. The quantitative estimate of drug-likeness (QED) is 0.824. The molecule has 20 heavy (non-hydrogen) atoms. The monoisotopic (exact) mass is 288 g/mol. The highest BCUT2D eigenvalue weighted by Gasteiger charge is 2.67. The van der Waals surface area contributed by atoms with Crippen molar-refractivity contribution < 1.29 is 17.9 Å². The Kier molecular flexibility index (Phi) is 2.88. The lowest BCUT2D eigenvalue weighted by Crippen LogP contribution is -2.62. The Hall–Kier alpha value is -1.99. The number of nitrogens with zero attached hydrogens (tertiary/aromatic N) is 2. The zero-order chi connectivity index (χ0) is 15.3. The number of hydrogen-bond acceptors (Lipinski definition) is 5. The van der Waals surface area contributed by atoms with Crippen molar-refractivity contribution >= 4 is 11.8 Å². The third-order valence-corrected chi connectivity index (χ3v) is 3.39. The Labute approximate surface area is 113 Å². The molecule has 1 aliphatic heterocycles. The van der Waals surface area contributed by atoms with Gasteiger partial charge in [-0.05, 0) is 32.9 Å². The Balaban J connectivity index is 2.74. The van der Waals surface area contributed by atoms with E-state index in [1.54, 1.807) is 0 Å². The lowest BCUT2D eigenvalue weighted by molar-refractivity contribution is -0.208. The number of nitrogen functional groups attached to an aromatic ring is 1. The molecule has 2 heterocycles. The van der Waals surface area contributed by atoms with E-state index in [0.717, 1.165) is 26.8 Å². The average Bonchev–Trinajstić information content (AvgIpc) is 2.29. The highest BCUT2D eigenvalue weighted by Crippen LogP contribution is 2.51. The molecule has 0 saturated carbocycles.